The van der Waals surface area contributed by atoms with Crippen LogP contribution in [0.15, 0.2) is 24.3 Å². The van der Waals surface area contributed by atoms with E-state index in [0.29, 0.717) is 11.8 Å². The number of carbonyl (C=O) groups is 1. The summed E-state index contributed by atoms with van der Waals surface area (Å²) in [6.45, 7) is 2.05. The Bertz CT molecular complexity index is 552. The second kappa shape index (κ2) is 4.49. The molecule has 4 aliphatic carbocycles. The van der Waals surface area contributed by atoms with Crippen molar-refractivity contribution >= 4 is 11.7 Å². The normalized spacial score (nSPS) is 40.2. The molecule has 1 aromatic carbocycles. The highest BCUT2D eigenvalue weighted by atomic mass is 16.4. The van der Waals surface area contributed by atoms with Gasteiger partial charge in [0.1, 0.15) is 5.54 Å². The number of benzene rings is 1. The van der Waals surface area contributed by atoms with Crippen LogP contribution in [0, 0.1) is 30.6 Å². The third-order valence-corrected chi connectivity index (χ3v) is 6.15. The molecular formula is C18H23NO2. The van der Waals surface area contributed by atoms with Crippen molar-refractivity contribution in [3.63, 3.8) is 0 Å². The van der Waals surface area contributed by atoms with E-state index < -0.39 is 11.5 Å². The van der Waals surface area contributed by atoms with Gasteiger partial charge >= 0.3 is 5.97 Å². The Labute approximate surface area is 125 Å². The minimum atomic E-state index is -0.735. The van der Waals surface area contributed by atoms with Gasteiger partial charge in [-0.15, -0.1) is 0 Å². The number of anilines is 1. The van der Waals surface area contributed by atoms with Gasteiger partial charge in [-0.2, -0.15) is 0 Å². The van der Waals surface area contributed by atoms with Crippen molar-refractivity contribution in [3.8, 4) is 0 Å². The molecule has 4 fully saturated rings. The monoisotopic (exact) mass is 285 g/mol. The van der Waals surface area contributed by atoms with Crippen molar-refractivity contribution < 1.29 is 9.90 Å². The maximum Gasteiger partial charge on any atom is 0.329 e. The van der Waals surface area contributed by atoms with E-state index in [4.69, 9.17) is 0 Å². The summed E-state index contributed by atoms with van der Waals surface area (Å²) in [5.41, 5.74) is 1.40. The molecule has 5 rings (SSSR count). The zero-order chi connectivity index (χ0) is 14.6. The summed E-state index contributed by atoms with van der Waals surface area (Å²) in [6, 6.07) is 8.12. The number of hydrogen-bond acceptors (Lipinski definition) is 2. The lowest BCUT2D eigenvalue weighted by molar-refractivity contribution is -0.157. The van der Waals surface area contributed by atoms with Crippen LogP contribution in [0.1, 0.15) is 37.7 Å². The molecule has 0 aliphatic heterocycles. The van der Waals surface area contributed by atoms with E-state index in [1.54, 1.807) is 0 Å². The molecule has 0 atom stereocenters. The van der Waals surface area contributed by atoms with Crippen molar-refractivity contribution in [2.24, 2.45) is 23.7 Å². The number of nitrogens with one attached hydrogen (secondary N) is 1. The van der Waals surface area contributed by atoms with Crippen molar-refractivity contribution in [2.75, 3.05) is 5.32 Å². The predicted molar refractivity (Wildman–Crippen MR) is 82.2 cm³/mol. The molecule has 112 valence electrons. The number of hydrogen-bond donors (Lipinski definition) is 2. The van der Waals surface area contributed by atoms with Gasteiger partial charge in [0.05, 0.1) is 0 Å². The largest absolute Gasteiger partial charge is 0.479 e. The Balaban J connectivity index is 1.72. The van der Waals surface area contributed by atoms with Crippen LogP contribution in [-0.4, -0.2) is 16.6 Å². The summed E-state index contributed by atoms with van der Waals surface area (Å²) in [4.78, 5) is 12.2. The molecule has 4 aliphatic rings. The first-order chi connectivity index (χ1) is 10.1. The molecule has 3 nitrogen and oxygen atoms in total. The summed E-state index contributed by atoms with van der Waals surface area (Å²) in [7, 11) is 0. The molecule has 3 heteroatoms. The lowest BCUT2D eigenvalue weighted by Gasteiger charge is -2.59. The fourth-order valence-corrected chi connectivity index (χ4v) is 5.50. The summed E-state index contributed by atoms with van der Waals surface area (Å²) in [5, 5.41) is 13.5. The van der Waals surface area contributed by atoms with Crippen LogP contribution in [0.3, 0.4) is 0 Å². The maximum atomic E-state index is 12.2. The first kappa shape index (κ1) is 13.2. The van der Waals surface area contributed by atoms with Gasteiger partial charge in [0, 0.05) is 5.69 Å². The van der Waals surface area contributed by atoms with Gasteiger partial charge in [-0.25, -0.2) is 4.79 Å². The van der Waals surface area contributed by atoms with Crippen LogP contribution in [0.2, 0.25) is 0 Å². The lowest BCUT2D eigenvalue weighted by atomic mass is 9.48. The van der Waals surface area contributed by atoms with Crippen LogP contribution >= 0.6 is 0 Å². The number of aryl methyl sites for hydroxylation is 1. The second-order valence-corrected chi connectivity index (χ2v) is 7.47. The van der Waals surface area contributed by atoms with Crippen molar-refractivity contribution in [1.29, 1.82) is 0 Å². The third-order valence-electron chi connectivity index (χ3n) is 6.15. The van der Waals surface area contributed by atoms with E-state index >= 15 is 0 Å². The fourth-order valence-electron chi connectivity index (χ4n) is 5.50. The Morgan fingerprint density at radius 1 is 1.14 bits per heavy atom. The topological polar surface area (TPSA) is 49.3 Å². The summed E-state index contributed by atoms with van der Waals surface area (Å²) in [5.74, 6) is 1.51. The first-order valence-corrected chi connectivity index (χ1v) is 8.16. The molecule has 0 aromatic heterocycles. The second-order valence-electron chi connectivity index (χ2n) is 7.47. The maximum absolute atomic E-state index is 12.2. The Kier molecular flexibility index (Phi) is 2.82. The number of rotatable bonds is 3. The molecule has 0 unspecified atom stereocenters. The van der Waals surface area contributed by atoms with Gasteiger partial charge in [-0.05, 0) is 80.4 Å². The molecule has 0 amide bonds. The third kappa shape index (κ3) is 1.90. The van der Waals surface area contributed by atoms with Crippen molar-refractivity contribution in [3.05, 3.63) is 29.8 Å². The van der Waals surface area contributed by atoms with Crippen molar-refractivity contribution in [1.82, 2.24) is 0 Å². The predicted octanol–water partition coefficient (Wildman–Crippen LogP) is 3.69. The van der Waals surface area contributed by atoms with Gasteiger partial charge in [0.15, 0.2) is 0 Å². The van der Waals surface area contributed by atoms with Crippen LogP contribution < -0.4 is 5.32 Å². The van der Waals surface area contributed by atoms with E-state index in [9.17, 15) is 9.90 Å². The zero-order valence-corrected chi connectivity index (χ0v) is 12.5. The smallest absolute Gasteiger partial charge is 0.329 e. The molecule has 1 aromatic rings. The van der Waals surface area contributed by atoms with Gasteiger partial charge in [0.2, 0.25) is 0 Å². The Hall–Kier alpha value is -1.51. The molecular weight excluding hydrogens is 262 g/mol. The van der Waals surface area contributed by atoms with Crippen LogP contribution in [-0.2, 0) is 4.79 Å². The number of aliphatic carboxylic acids is 1. The quantitative estimate of drug-likeness (QED) is 0.890. The molecule has 4 saturated carbocycles. The van der Waals surface area contributed by atoms with Crippen LogP contribution in [0.5, 0.6) is 0 Å². The summed E-state index contributed by atoms with van der Waals surface area (Å²) in [6.07, 6.45) is 5.72. The standard InChI is InChI=1S/C18H23NO2/c1-11-3-2-4-16(5-11)19-18(17(20)21)14-7-12-6-13(9-14)10-15(18)8-12/h2-5,12-15,19H,6-10H2,1H3,(H,20,21). The van der Waals surface area contributed by atoms with Crippen LogP contribution in [0.25, 0.3) is 0 Å². The molecule has 0 spiro atoms. The summed E-state index contributed by atoms with van der Waals surface area (Å²) >= 11 is 0. The molecule has 4 bridgehead atoms. The average molecular weight is 285 g/mol. The first-order valence-electron chi connectivity index (χ1n) is 8.16. The van der Waals surface area contributed by atoms with Gasteiger partial charge < -0.3 is 10.4 Å². The number of carboxylic acids is 1. The van der Waals surface area contributed by atoms with Crippen molar-refractivity contribution in [2.45, 2.75) is 44.6 Å². The number of carboxylic acid groups (broad SMARTS) is 1. The molecule has 0 saturated heterocycles. The molecule has 0 radical (unpaired) electrons. The highest BCUT2D eigenvalue weighted by Gasteiger charge is 2.61. The minimum absolute atomic E-state index is 0.298. The fraction of sp³-hybridized carbons (Fsp3) is 0.611. The Morgan fingerprint density at radius 2 is 1.76 bits per heavy atom. The minimum Gasteiger partial charge on any atom is -0.479 e. The summed E-state index contributed by atoms with van der Waals surface area (Å²) < 4.78 is 0. The van der Waals surface area contributed by atoms with Crippen LogP contribution in [0.4, 0.5) is 5.69 Å². The molecule has 0 heterocycles. The highest BCUT2D eigenvalue weighted by Crippen LogP contribution is 2.59. The SMILES string of the molecule is Cc1cccc(NC2(C(=O)O)C3CC4CC(C3)CC2C4)c1. The zero-order valence-electron chi connectivity index (χ0n) is 12.5. The molecule has 21 heavy (non-hydrogen) atoms. The van der Waals surface area contributed by atoms with E-state index in [1.807, 2.05) is 12.1 Å². The van der Waals surface area contributed by atoms with Gasteiger partial charge in [-0.1, -0.05) is 12.1 Å². The van der Waals surface area contributed by atoms with E-state index in [-0.39, 0.29) is 0 Å². The van der Waals surface area contributed by atoms with Gasteiger partial charge in [-0.3, -0.25) is 0 Å². The highest BCUT2D eigenvalue weighted by molar-refractivity contribution is 5.84. The van der Waals surface area contributed by atoms with E-state index in [1.165, 1.54) is 12.0 Å². The average Bonchev–Trinajstić information content (AvgIpc) is 2.42. The molecule has 2 N–H and O–H groups in total. The van der Waals surface area contributed by atoms with Gasteiger partial charge in [0.25, 0.3) is 0 Å². The lowest BCUT2D eigenvalue weighted by Crippen LogP contribution is -2.65. The van der Waals surface area contributed by atoms with E-state index in [0.717, 1.165) is 43.2 Å². The Morgan fingerprint density at radius 3 is 2.29 bits per heavy atom. The van der Waals surface area contributed by atoms with E-state index in [2.05, 4.69) is 24.4 Å².